The molecule has 104 valence electrons. The van der Waals surface area contributed by atoms with Gasteiger partial charge in [-0.2, -0.15) is 0 Å². The van der Waals surface area contributed by atoms with E-state index in [4.69, 9.17) is 10.5 Å². The van der Waals surface area contributed by atoms with Gasteiger partial charge in [0.15, 0.2) is 0 Å². The molecule has 3 unspecified atom stereocenters. The van der Waals surface area contributed by atoms with Gasteiger partial charge in [-0.3, -0.25) is 9.59 Å². The number of hydrogen-bond donors (Lipinski definition) is 3. The second-order valence-corrected chi connectivity index (χ2v) is 4.78. The number of nitrogens with one attached hydrogen (secondary N) is 2. The molecule has 0 radical (unpaired) electrons. The highest BCUT2D eigenvalue weighted by atomic mass is 16.5. The molecule has 1 saturated carbocycles. The van der Waals surface area contributed by atoms with Crippen LogP contribution in [0.3, 0.4) is 0 Å². The van der Waals surface area contributed by atoms with Crippen molar-refractivity contribution in [2.45, 2.75) is 38.3 Å². The monoisotopic (exact) mass is 257 g/mol. The Kier molecular flexibility index (Phi) is 6.07. The molecule has 0 aromatic heterocycles. The third-order valence-corrected chi connectivity index (χ3v) is 3.20. The van der Waals surface area contributed by atoms with Gasteiger partial charge >= 0.3 is 0 Å². The van der Waals surface area contributed by atoms with E-state index in [1.165, 1.54) is 0 Å². The molecule has 1 fully saturated rings. The normalized spacial score (nSPS) is 24.6. The summed E-state index contributed by atoms with van der Waals surface area (Å²) in [5, 5.41) is 5.41. The fraction of sp³-hybridized carbons (Fsp3) is 0.833. The van der Waals surface area contributed by atoms with E-state index in [1.54, 1.807) is 14.0 Å². The van der Waals surface area contributed by atoms with Crippen molar-refractivity contribution in [3.63, 3.8) is 0 Å². The molecule has 0 saturated heterocycles. The first-order valence-corrected chi connectivity index (χ1v) is 6.37. The lowest BCUT2D eigenvalue weighted by Crippen LogP contribution is -2.47. The number of ether oxygens (including phenoxy) is 1. The fourth-order valence-electron chi connectivity index (χ4n) is 2.08. The Hall–Kier alpha value is -1.14. The Bertz CT molecular complexity index is 296. The van der Waals surface area contributed by atoms with Crippen molar-refractivity contribution in [2.75, 3.05) is 20.3 Å². The van der Waals surface area contributed by atoms with Crippen LogP contribution in [0.25, 0.3) is 0 Å². The fourth-order valence-corrected chi connectivity index (χ4v) is 2.08. The quantitative estimate of drug-likeness (QED) is 0.553. The molecule has 1 rings (SSSR count). The first-order chi connectivity index (χ1) is 8.54. The maximum Gasteiger partial charge on any atom is 0.242 e. The van der Waals surface area contributed by atoms with Crippen LogP contribution in [0.15, 0.2) is 0 Å². The Morgan fingerprint density at radius 3 is 2.72 bits per heavy atom. The summed E-state index contributed by atoms with van der Waals surface area (Å²) in [4.78, 5) is 23.5. The van der Waals surface area contributed by atoms with Crippen LogP contribution in [-0.2, 0) is 14.3 Å². The predicted molar refractivity (Wildman–Crippen MR) is 67.8 cm³/mol. The lowest BCUT2D eigenvalue weighted by molar-refractivity contribution is -0.130. The minimum absolute atomic E-state index is 0.0470. The molecule has 6 heteroatoms. The summed E-state index contributed by atoms with van der Waals surface area (Å²) in [5.41, 5.74) is 5.76. The topological polar surface area (TPSA) is 93.5 Å². The molecule has 1 aliphatic rings. The number of carbonyl (C=O) groups is 2. The molecule has 18 heavy (non-hydrogen) atoms. The average Bonchev–Trinajstić information content (AvgIpc) is 2.76. The molecule has 0 spiro atoms. The van der Waals surface area contributed by atoms with E-state index < -0.39 is 6.04 Å². The highest BCUT2D eigenvalue weighted by molar-refractivity contribution is 5.88. The molecule has 2 amide bonds. The first kappa shape index (κ1) is 14.9. The Labute approximate surface area is 108 Å². The van der Waals surface area contributed by atoms with Crippen LogP contribution in [0, 0.1) is 5.92 Å². The second-order valence-electron chi connectivity index (χ2n) is 4.78. The molecule has 0 aromatic rings. The third-order valence-electron chi connectivity index (χ3n) is 3.20. The number of methoxy groups -OCH3 is 1. The number of nitrogens with two attached hydrogens (primary N) is 1. The van der Waals surface area contributed by atoms with Crippen molar-refractivity contribution in [3.05, 3.63) is 0 Å². The molecule has 4 N–H and O–H groups in total. The third kappa shape index (κ3) is 4.62. The van der Waals surface area contributed by atoms with Gasteiger partial charge < -0.3 is 21.1 Å². The maximum absolute atomic E-state index is 11.9. The maximum atomic E-state index is 11.9. The molecule has 1 aliphatic carbocycles. The average molecular weight is 257 g/mol. The standard InChI is InChI=1S/C12H23N3O3/c1-8(11(16)14-5-6-18-2)15-12(17)9-3-4-10(13)7-9/h8-10H,3-7,13H2,1-2H3,(H,14,16)(H,15,17). The van der Waals surface area contributed by atoms with E-state index >= 15 is 0 Å². The molecule has 3 atom stereocenters. The zero-order valence-corrected chi connectivity index (χ0v) is 11.1. The van der Waals surface area contributed by atoms with E-state index in [0.717, 1.165) is 12.8 Å². The summed E-state index contributed by atoms with van der Waals surface area (Å²) in [6, 6.07) is -0.405. The van der Waals surface area contributed by atoms with Gasteiger partial charge in [-0.15, -0.1) is 0 Å². The van der Waals surface area contributed by atoms with Crippen molar-refractivity contribution in [1.82, 2.24) is 10.6 Å². The van der Waals surface area contributed by atoms with Gasteiger partial charge in [-0.05, 0) is 26.2 Å². The summed E-state index contributed by atoms with van der Waals surface area (Å²) in [6.45, 7) is 2.59. The van der Waals surface area contributed by atoms with Crippen LogP contribution in [0.1, 0.15) is 26.2 Å². The van der Waals surface area contributed by atoms with E-state index in [0.29, 0.717) is 19.6 Å². The molecule has 0 bridgehead atoms. The largest absolute Gasteiger partial charge is 0.383 e. The van der Waals surface area contributed by atoms with Gasteiger partial charge in [0.2, 0.25) is 11.8 Å². The van der Waals surface area contributed by atoms with Crippen LogP contribution in [-0.4, -0.2) is 44.2 Å². The lowest BCUT2D eigenvalue weighted by Gasteiger charge is -2.16. The van der Waals surface area contributed by atoms with Crippen molar-refractivity contribution >= 4 is 11.8 Å². The van der Waals surface area contributed by atoms with Gasteiger partial charge in [0.25, 0.3) is 0 Å². The van der Waals surface area contributed by atoms with E-state index in [1.807, 2.05) is 0 Å². The first-order valence-electron chi connectivity index (χ1n) is 6.37. The Morgan fingerprint density at radius 1 is 1.44 bits per heavy atom. The van der Waals surface area contributed by atoms with Crippen LogP contribution < -0.4 is 16.4 Å². The molecule has 0 aliphatic heterocycles. The Balaban J connectivity index is 2.28. The van der Waals surface area contributed by atoms with Crippen LogP contribution in [0.2, 0.25) is 0 Å². The van der Waals surface area contributed by atoms with Gasteiger partial charge in [-0.1, -0.05) is 0 Å². The summed E-state index contributed by atoms with van der Waals surface area (Å²) < 4.78 is 4.83. The van der Waals surface area contributed by atoms with Gasteiger partial charge in [-0.25, -0.2) is 0 Å². The van der Waals surface area contributed by atoms with E-state index in [9.17, 15) is 9.59 Å². The van der Waals surface area contributed by atoms with Gasteiger partial charge in [0, 0.05) is 25.6 Å². The van der Waals surface area contributed by atoms with Gasteiger partial charge in [0.05, 0.1) is 6.61 Å². The number of carbonyl (C=O) groups excluding carboxylic acids is 2. The van der Waals surface area contributed by atoms with Crippen molar-refractivity contribution < 1.29 is 14.3 Å². The van der Waals surface area contributed by atoms with Crippen LogP contribution in [0.4, 0.5) is 0 Å². The molecular formula is C12H23N3O3. The summed E-state index contributed by atoms with van der Waals surface area (Å²) >= 11 is 0. The minimum atomic E-state index is -0.522. The van der Waals surface area contributed by atoms with Crippen molar-refractivity contribution in [3.8, 4) is 0 Å². The molecule has 0 heterocycles. The number of hydrogen-bond acceptors (Lipinski definition) is 4. The number of amides is 2. The van der Waals surface area contributed by atoms with Crippen molar-refractivity contribution in [1.29, 1.82) is 0 Å². The zero-order chi connectivity index (χ0) is 13.5. The predicted octanol–water partition coefficient (Wildman–Crippen LogP) is -0.619. The van der Waals surface area contributed by atoms with E-state index in [-0.39, 0.29) is 23.8 Å². The molecular weight excluding hydrogens is 234 g/mol. The van der Waals surface area contributed by atoms with Gasteiger partial charge in [0.1, 0.15) is 6.04 Å². The van der Waals surface area contributed by atoms with Crippen LogP contribution >= 0.6 is 0 Å². The molecule has 6 nitrogen and oxygen atoms in total. The molecule has 0 aromatic carbocycles. The summed E-state index contributed by atoms with van der Waals surface area (Å²) in [7, 11) is 1.57. The highest BCUT2D eigenvalue weighted by Gasteiger charge is 2.29. The smallest absolute Gasteiger partial charge is 0.242 e. The Morgan fingerprint density at radius 2 is 2.17 bits per heavy atom. The van der Waals surface area contributed by atoms with Crippen molar-refractivity contribution in [2.24, 2.45) is 11.7 Å². The second kappa shape index (κ2) is 7.33. The zero-order valence-electron chi connectivity index (χ0n) is 11.1. The SMILES string of the molecule is COCCNC(=O)C(C)NC(=O)C1CCC(N)C1. The highest BCUT2D eigenvalue weighted by Crippen LogP contribution is 2.24. The summed E-state index contributed by atoms with van der Waals surface area (Å²) in [5.74, 6) is -0.311. The van der Waals surface area contributed by atoms with E-state index in [2.05, 4.69) is 10.6 Å². The summed E-state index contributed by atoms with van der Waals surface area (Å²) in [6.07, 6.45) is 2.40. The lowest BCUT2D eigenvalue weighted by atomic mass is 10.1. The minimum Gasteiger partial charge on any atom is -0.383 e. The number of rotatable bonds is 6. The van der Waals surface area contributed by atoms with Crippen LogP contribution in [0.5, 0.6) is 0 Å².